The molecule has 0 bridgehead atoms. The summed E-state index contributed by atoms with van der Waals surface area (Å²) in [4.78, 5) is 25.5. The van der Waals surface area contributed by atoms with E-state index in [0.29, 0.717) is 13.0 Å². The molecule has 1 aliphatic rings. The molecule has 0 aliphatic carbocycles. The van der Waals surface area contributed by atoms with Crippen LogP contribution in [-0.4, -0.2) is 42.4 Å². The van der Waals surface area contributed by atoms with Crippen LogP contribution in [0.3, 0.4) is 0 Å². The molecule has 2 atom stereocenters. The van der Waals surface area contributed by atoms with E-state index in [-0.39, 0.29) is 29.3 Å². The Balaban J connectivity index is 2.64. The van der Waals surface area contributed by atoms with Crippen LogP contribution in [0.15, 0.2) is 0 Å². The Morgan fingerprint density at radius 3 is 2.56 bits per heavy atom. The van der Waals surface area contributed by atoms with E-state index < -0.39 is 0 Å². The number of nitrogens with zero attached hydrogens (tertiary/aromatic N) is 1. The molecule has 104 valence electrons. The Kier molecular flexibility index (Phi) is 4.73. The molecule has 2 amide bonds. The molecule has 3 N–H and O–H groups in total. The fourth-order valence-electron chi connectivity index (χ4n) is 2.12. The summed E-state index contributed by atoms with van der Waals surface area (Å²) in [5.74, 6) is -0.0892. The molecular weight excluding hydrogens is 230 g/mol. The summed E-state index contributed by atoms with van der Waals surface area (Å²) in [6.45, 7) is 6.72. The van der Waals surface area contributed by atoms with E-state index in [9.17, 15) is 9.59 Å². The fourth-order valence-corrected chi connectivity index (χ4v) is 2.12. The second kappa shape index (κ2) is 5.69. The zero-order valence-electron chi connectivity index (χ0n) is 11.8. The first-order chi connectivity index (χ1) is 8.27. The normalized spacial score (nSPS) is 21.8. The van der Waals surface area contributed by atoms with Crippen LogP contribution in [0, 0.1) is 5.41 Å². The number of amides is 2. The van der Waals surface area contributed by atoms with Crippen molar-refractivity contribution in [2.75, 3.05) is 13.6 Å². The largest absolute Gasteiger partial charge is 0.357 e. The molecular formula is C13H25N3O2. The first-order valence-electron chi connectivity index (χ1n) is 6.54. The van der Waals surface area contributed by atoms with Crippen molar-refractivity contribution in [2.24, 2.45) is 11.1 Å². The first kappa shape index (κ1) is 15.0. The molecule has 1 fully saturated rings. The molecule has 1 rings (SSSR count). The van der Waals surface area contributed by atoms with Gasteiger partial charge in [0.05, 0.1) is 0 Å². The molecule has 0 spiro atoms. The summed E-state index contributed by atoms with van der Waals surface area (Å²) in [6, 6.07) is -0.495. The van der Waals surface area contributed by atoms with Crippen molar-refractivity contribution in [1.82, 2.24) is 10.2 Å². The Hall–Kier alpha value is -1.10. The molecule has 0 saturated carbocycles. The average molecular weight is 255 g/mol. The Labute approximate surface area is 109 Å². The molecule has 5 nitrogen and oxygen atoms in total. The van der Waals surface area contributed by atoms with Gasteiger partial charge in [-0.3, -0.25) is 9.59 Å². The van der Waals surface area contributed by atoms with Crippen LogP contribution in [0.25, 0.3) is 0 Å². The van der Waals surface area contributed by atoms with Gasteiger partial charge in [0.1, 0.15) is 6.04 Å². The van der Waals surface area contributed by atoms with E-state index in [1.165, 1.54) is 0 Å². The number of likely N-dealkylation sites (N-methyl/N-ethyl adjacent to an activating group) is 1. The SMILES string of the molecule is CNC(=O)C1CCCN1C(=O)CC(N)C(C)(C)C. The Bertz CT molecular complexity index is 323. The van der Waals surface area contributed by atoms with E-state index in [0.717, 1.165) is 12.8 Å². The van der Waals surface area contributed by atoms with Gasteiger partial charge in [0.2, 0.25) is 11.8 Å². The van der Waals surface area contributed by atoms with Crippen LogP contribution < -0.4 is 11.1 Å². The van der Waals surface area contributed by atoms with E-state index >= 15 is 0 Å². The van der Waals surface area contributed by atoms with E-state index in [1.807, 2.05) is 20.8 Å². The number of rotatable bonds is 3. The molecule has 0 aromatic heterocycles. The van der Waals surface area contributed by atoms with Crippen molar-refractivity contribution >= 4 is 11.8 Å². The number of nitrogens with two attached hydrogens (primary N) is 1. The summed E-state index contributed by atoms with van der Waals surface area (Å²) in [5, 5.41) is 2.61. The van der Waals surface area contributed by atoms with Crippen LogP contribution in [-0.2, 0) is 9.59 Å². The summed E-state index contributed by atoms with van der Waals surface area (Å²) in [5.41, 5.74) is 5.93. The van der Waals surface area contributed by atoms with Gasteiger partial charge >= 0.3 is 0 Å². The lowest BCUT2D eigenvalue weighted by Crippen LogP contribution is -2.47. The number of hydrogen-bond donors (Lipinski definition) is 2. The van der Waals surface area contributed by atoms with Crippen LogP contribution in [0.1, 0.15) is 40.0 Å². The highest BCUT2D eigenvalue weighted by molar-refractivity contribution is 5.88. The molecule has 0 aromatic rings. The third-order valence-electron chi connectivity index (χ3n) is 3.63. The molecule has 5 heteroatoms. The molecule has 0 aromatic carbocycles. The summed E-state index contributed by atoms with van der Waals surface area (Å²) < 4.78 is 0. The predicted molar refractivity (Wildman–Crippen MR) is 70.8 cm³/mol. The maximum absolute atomic E-state index is 12.2. The highest BCUT2D eigenvalue weighted by atomic mass is 16.2. The van der Waals surface area contributed by atoms with Gasteiger partial charge < -0.3 is 16.0 Å². The van der Waals surface area contributed by atoms with E-state index in [2.05, 4.69) is 5.32 Å². The maximum Gasteiger partial charge on any atom is 0.242 e. The minimum absolute atomic E-state index is 0.0106. The zero-order valence-corrected chi connectivity index (χ0v) is 11.8. The first-order valence-corrected chi connectivity index (χ1v) is 6.54. The molecule has 18 heavy (non-hydrogen) atoms. The lowest BCUT2D eigenvalue weighted by atomic mass is 9.85. The Morgan fingerprint density at radius 1 is 1.44 bits per heavy atom. The standard InChI is InChI=1S/C13H25N3O2/c1-13(2,3)10(14)8-11(17)16-7-5-6-9(16)12(18)15-4/h9-10H,5-8,14H2,1-4H3,(H,15,18). The van der Waals surface area contributed by atoms with Gasteiger partial charge in [-0.2, -0.15) is 0 Å². The lowest BCUT2D eigenvalue weighted by Gasteiger charge is -2.30. The molecule has 1 saturated heterocycles. The highest BCUT2D eigenvalue weighted by Gasteiger charge is 2.35. The monoisotopic (exact) mass is 255 g/mol. The molecule has 1 aliphatic heterocycles. The second-order valence-electron chi connectivity index (χ2n) is 6.04. The van der Waals surface area contributed by atoms with Gasteiger partial charge in [-0.05, 0) is 18.3 Å². The van der Waals surface area contributed by atoms with Crippen LogP contribution >= 0.6 is 0 Å². The summed E-state index contributed by atoms with van der Waals surface area (Å²) >= 11 is 0. The Morgan fingerprint density at radius 2 is 2.06 bits per heavy atom. The van der Waals surface area contributed by atoms with Gasteiger partial charge in [-0.15, -0.1) is 0 Å². The number of nitrogens with one attached hydrogen (secondary N) is 1. The number of carbonyl (C=O) groups is 2. The van der Waals surface area contributed by atoms with Crippen molar-refractivity contribution in [2.45, 2.75) is 52.1 Å². The van der Waals surface area contributed by atoms with Crippen LogP contribution in [0.5, 0.6) is 0 Å². The minimum Gasteiger partial charge on any atom is -0.357 e. The topological polar surface area (TPSA) is 75.4 Å². The van der Waals surface area contributed by atoms with E-state index in [4.69, 9.17) is 5.73 Å². The molecule has 1 heterocycles. The smallest absolute Gasteiger partial charge is 0.242 e. The number of hydrogen-bond acceptors (Lipinski definition) is 3. The van der Waals surface area contributed by atoms with Gasteiger partial charge in [0.15, 0.2) is 0 Å². The highest BCUT2D eigenvalue weighted by Crippen LogP contribution is 2.23. The third-order valence-corrected chi connectivity index (χ3v) is 3.63. The van der Waals surface area contributed by atoms with Gasteiger partial charge in [-0.25, -0.2) is 0 Å². The van der Waals surface area contributed by atoms with Crippen molar-refractivity contribution in [3.63, 3.8) is 0 Å². The van der Waals surface area contributed by atoms with Gasteiger partial charge in [0.25, 0.3) is 0 Å². The van der Waals surface area contributed by atoms with Crippen molar-refractivity contribution in [3.8, 4) is 0 Å². The lowest BCUT2D eigenvalue weighted by molar-refractivity contribution is -0.138. The predicted octanol–water partition coefficient (Wildman–Crippen LogP) is 0.487. The second-order valence-corrected chi connectivity index (χ2v) is 6.04. The van der Waals surface area contributed by atoms with Crippen LogP contribution in [0.4, 0.5) is 0 Å². The van der Waals surface area contributed by atoms with Crippen LogP contribution in [0.2, 0.25) is 0 Å². The van der Waals surface area contributed by atoms with Crippen molar-refractivity contribution < 1.29 is 9.59 Å². The van der Waals surface area contributed by atoms with Crippen molar-refractivity contribution in [3.05, 3.63) is 0 Å². The van der Waals surface area contributed by atoms with E-state index in [1.54, 1.807) is 11.9 Å². The number of carbonyl (C=O) groups excluding carboxylic acids is 2. The zero-order chi connectivity index (χ0) is 13.9. The van der Waals surface area contributed by atoms with Gasteiger partial charge in [-0.1, -0.05) is 20.8 Å². The number of likely N-dealkylation sites (tertiary alicyclic amines) is 1. The molecule has 0 radical (unpaired) electrons. The summed E-state index contributed by atoms with van der Waals surface area (Å²) in [7, 11) is 1.60. The minimum atomic E-state index is -0.310. The maximum atomic E-state index is 12.2. The fraction of sp³-hybridized carbons (Fsp3) is 0.846. The third kappa shape index (κ3) is 3.45. The quantitative estimate of drug-likeness (QED) is 0.770. The van der Waals surface area contributed by atoms with Crippen molar-refractivity contribution in [1.29, 1.82) is 0 Å². The van der Waals surface area contributed by atoms with Gasteiger partial charge in [0, 0.05) is 26.1 Å². The molecule has 2 unspecified atom stereocenters. The summed E-state index contributed by atoms with van der Waals surface area (Å²) in [6.07, 6.45) is 1.93. The average Bonchev–Trinajstić information content (AvgIpc) is 2.75.